The fourth-order valence-corrected chi connectivity index (χ4v) is 1.99. The number of benzene rings is 1. The monoisotopic (exact) mass is 240 g/mol. The van der Waals surface area contributed by atoms with Crippen molar-refractivity contribution in [1.29, 1.82) is 0 Å². The molecule has 0 spiro atoms. The van der Waals surface area contributed by atoms with Crippen molar-refractivity contribution in [2.75, 3.05) is 12.8 Å². The van der Waals surface area contributed by atoms with Crippen LogP contribution in [0.5, 0.6) is 5.75 Å². The van der Waals surface area contributed by atoms with E-state index < -0.39 is 0 Å². The number of rotatable bonds is 2. The molecule has 2 aromatic rings. The van der Waals surface area contributed by atoms with Gasteiger partial charge in [-0.3, -0.25) is 4.99 Å². The van der Waals surface area contributed by atoms with E-state index in [-0.39, 0.29) is 0 Å². The molecule has 18 heavy (non-hydrogen) atoms. The molecule has 0 fully saturated rings. The van der Waals surface area contributed by atoms with Crippen molar-refractivity contribution in [2.24, 2.45) is 4.99 Å². The van der Waals surface area contributed by atoms with Crippen LogP contribution in [0.15, 0.2) is 35.5 Å². The fourth-order valence-electron chi connectivity index (χ4n) is 1.99. The van der Waals surface area contributed by atoms with Gasteiger partial charge in [0.2, 0.25) is 0 Å². The number of methoxy groups -OCH3 is 1. The Hall–Kier alpha value is -2.43. The van der Waals surface area contributed by atoms with Crippen LogP contribution in [0.3, 0.4) is 0 Å². The van der Waals surface area contributed by atoms with E-state index in [4.69, 9.17) is 10.5 Å². The molecule has 0 aliphatic carbocycles. The second-order valence-corrected chi connectivity index (χ2v) is 3.97. The Morgan fingerprint density at radius 3 is 2.89 bits per heavy atom. The number of nitrogen functional groups attached to an aromatic ring is 1. The second-order valence-electron chi connectivity index (χ2n) is 3.97. The molecule has 0 radical (unpaired) electrons. The van der Waals surface area contributed by atoms with Gasteiger partial charge < -0.3 is 10.5 Å². The summed E-state index contributed by atoms with van der Waals surface area (Å²) in [6.07, 6.45) is 1.57. The Morgan fingerprint density at radius 2 is 2.11 bits per heavy atom. The van der Waals surface area contributed by atoms with Crippen LogP contribution in [0, 0.1) is 0 Å². The van der Waals surface area contributed by atoms with Crippen LogP contribution < -0.4 is 10.5 Å². The van der Waals surface area contributed by atoms with Gasteiger partial charge in [0.25, 0.3) is 0 Å². The van der Waals surface area contributed by atoms with E-state index in [1.54, 1.807) is 6.20 Å². The summed E-state index contributed by atoms with van der Waals surface area (Å²) in [5, 5.41) is 0. The largest absolute Gasteiger partial charge is 0.491 e. The summed E-state index contributed by atoms with van der Waals surface area (Å²) in [6, 6.07) is 8.05. The van der Waals surface area contributed by atoms with Crippen LogP contribution in [0.1, 0.15) is 17.0 Å². The zero-order chi connectivity index (χ0) is 12.5. The normalized spacial score (nSPS) is 13.1. The molecule has 90 valence electrons. The minimum absolute atomic E-state index is 0.328. The third-order valence-electron chi connectivity index (χ3n) is 2.89. The topological polar surface area (TPSA) is 73.4 Å². The molecule has 3 rings (SSSR count). The van der Waals surface area contributed by atoms with Gasteiger partial charge in [-0.15, -0.1) is 0 Å². The number of anilines is 1. The summed E-state index contributed by atoms with van der Waals surface area (Å²) >= 11 is 0. The molecule has 0 unspecified atom stereocenters. The zero-order valence-corrected chi connectivity index (χ0v) is 9.92. The van der Waals surface area contributed by atoms with Gasteiger partial charge in [-0.25, -0.2) is 9.97 Å². The lowest BCUT2D eigenvalue weighted by Crippen LogP contribution is -2.09. The highest BCUT2D eigenvalue weighted by atomic mass is 16.5. The van der Waals surface area contributed by atoms with Crippen LogP contribution in [0.25, 0.3) is 0 Å². The number of nitrogens with two attached hydrogens (primary N) is 1. The summed E-state index contributed by atoms with van der Waals surface area (Å²) in [5.74, 6) is 1.35. The molecule has 1 aromatic carbocycles. The fraction of sp³-hybridized carbons (Fsp3) is 0.154. The molecule has 5 nitrogen and oxygen atoms in total. The minimum Gasteiger partial charge on any atom is -0.491 e. The molecule has 0 saturated carbocycles. The van der Waals surface area contributed by atoms with Crippen molar-refractivity contribution in [3.8, 4) is 5.75 Å². The highest BCUT2D eigenvalue weighted by Crippen LogP contribution is 2.23. The van der Waals surface area contributed by atoms with Crippen molar-refractivity contribution >= 4 is 11.5 Å². The minimum atomic E-state index is 0.328. The quantitative estimate of drug-likeness (QED) is 0.861. The Morgan fingerprint density at radius 1 is 1.28 bits per heavy atom. The van der Waals surface area contributed by atoms with Gasteiger partial charge in [0.15, 0.2) is 17.4 Å². The highest BCUT2D eigenvalue weighted by molar-refractivity contribution is 6.13. The predicted molar refractivity (Wildman–Crippen MR) is 68.8 cm³/mol. The molecule has 0 atom stereocenters. The SMILES string of the molecule is COc1cnc(C2=NCc3ccccc32)nc1N. The summed E-state index contributed by atoms with van der Waals surface area (Å²) in [7, 11) is 1.54. The smallest absolute Gasteiger partial charge is 0.180 e. The van der Waals surface area contributed by atoms with Crippen LogP contribution in [-0.4, -0.2) is 22.8 Å². The van der Waals surface area contributed by atoms with Gasteiger partial charge in [-0.2, -0.15) is 0 Å². The lowest BCUT2D eigenvalue weighted by molar-refractivity contribution is 0.413. The maximum absolute atomic E-state index is 5.79. The van der Waals surface area contributed by atoms with Crippen molar-refractivity contribution in [3.63, 3.8) is 0 Å². The van der Waals surface area contributed by atoms with Crippen LogP contribution in [0.2, 0.25) is 0 Å². The lowest BCUT2D eigenvalue weighted by atomic mass is 10.1. The average molecular weight is 240 g/mol. The van der Waals surface area contributed by atoms with E-state index >= 15 is 0 Å². The van der Waals surface area contributed by atoms with E-state index in [1.165, 1.54) is 12.7 Å². The van der Waals surface area contributed by atoms with Gasteiger partial charge in [0.05, 0.1) is 19.9 Å². The molecule has 1 aliphatic rings. The van der Waals surface area contributed by atoms with Crippen molar-refractivity contribution < 1.29 is 4.74 Å². The van der Waals surface area contributed by atoms with E-state index in [0.717, 1.165) is 11.3 Å². The van der Waals surface area contributed by atoms with Gasteiger partial charge in [-0.05, 0) is 5.56 Å². The summed E-state index contributed by atoms with van der Waals surface area (Å²) < 4.78 is 5.04. The first-order valence-corrected chi connectivity index (χ1v) is 5.59. The number of ether oxygens (including phenoxy) is 1. The van der Waals surface area contributed by atoms with Crippen molar-refractivity contribution in [2.45, 2.75) is 6.54 Å². The Bertz CT molecular complexity index is 637. The third kappa shape index (κ3) is 1.60. The van der Waals surface area contributed by atoms with Crippen LogP contribution in [0.4, 0.5) is 5.82 Å². The Balaban J connectivity index is 2.05. The lowest BCUT2D eigenvalue weighted by Gasteiger charge is -2.06. The van der Waals surface area contributed by atoms with E-state index in [9.17, 15) is 0 Å². The van der Waals surface area contributed by atoms with Gasteiger partial charge in [-0.1, -0.05) is 24.3 Å². The number of hydrogen-bond acceptors (Lipinski definition) is 5. The molecule has 2 N–H and O–H groups in total. The molecular weight excluding hydrogens is 228 g/mol. The molecule has 5 heteroatoms. The average Bonchev–Trinajstić information content (AvgIpc) is 2.82. The Labute approximate surface area is 104 Å². The predicted octanol–water partition coefficient (Wildman–Crippen LogP) is 1.42. The van der Waals surface area contributed by atoms with Crippen molar-refractivity contribution in [1.82, 2.24) is 9.97 Å². The van der Waals surface area contributed by atoms with E-state index in [2.05, 4.69) is 21.0 Å². The van der Waals surface area contributed by atoms with Crippen LogP contribution in [-0.2, 0) is 6.54 Å². The molecule has 2 heterocycles. The second kappa shape index (κ2) is 4.10. The number of nitrogens with zero attached hydrogens (tertiary/aromatic N) is 3. The third-order valence-corrected chi connectivity index (χ3v) is 2.89. The number of hydrogen-bond donors (Lipinski definition) is 1. The summed E-state index contributed by atoms with van der Waals surface area (Å²) in [5.41, 5.74) is 8.84. The van der Waals surface area contributed by atoms with E-state index in [1.807, 2.05) is 18.2 Å². The molecule has 1 aromatic heterocycles. The van der Waals surface area contributed by atoms with Crippen molar-refractivity contribution in [3.05, 3.63) is 47.4 Å². The maximum atomic E-state index is 5.79. The van der Waals surface area contributed by atoms with Gasteiger partial charge in [0, 0.05) is 5.56 Å². The van der Waals surface area contributed by atoms with E-state index in [0.29, 0.717) is 23.9 Å². The molecule has 0 saturated heterocycles. The van der Waals surface area contributed by atoms with Crippen LogP contribution >= 0.6 is 0 Å². The molecule has 1 aliphatic heterocycles. The first-order chi connectivity index (χ1) is 8.79. The molecule has 0 amide bonds. The van der Waals surface area contributed by atoms with Gasteiger partial charge in [0.1, 0.15) is 5.71 Å². The molecular formula is C13H12N4O. The standard InChI is InChI=1S/C13H12N4O/c1-18-10-7-16-13(17-12(10)14)11-9-5-3-2-4-8(9)6-15-11/h2-5,7H,6H2,1H3,(H2,14,16,17). The zero-order valence-electron chi connectivity index (χ0n) is 9.92. The maximum Gasteiger partial charge on any atom is 0.180 e. The molecule has 0 bridgehead atoms. The summed E-state index contributed by atoms with van der Waals surface area (Å²) in [4.78, 5) is 12.9. The first kappa shape index (κ1) is 10.7. The summed E-state index contributed by atoms with van der Waals surface area (Å²) in [6.45, 7) is 0.667. The first-order valence-electron chi connectivity index (χ1n) is 5.59. The van der Waals surface area contributed by atoms with Gasteiger partial charge >= 0.3 is 0 Å². The number of aromatic nitrogens is 2. The number of aliphatic imine (C=N–C) groups is 1. The number of fused-ring (bicyclic) bond motifs is 1. The highest BCUT2D eigenvalue weighted by Gasteiger charge is 2.19. The Kier molecular flexibility index (Phi) is 2.44.